The first-order valence-electron chi connectivity index (χ1n) is 10.6. The average molecular weight is 431 g/mol. The molecule has 30 heavy (non-hydrogen) atoms. The van der Waals surface area contributed by atoms with Gasteiger partial charge in [-0.05, 0) is 43.2 Å². The minimum Gasteiger partial charge on any atom is -0.378 e. The number of thioether (sulfide) groups is 1. The summed E-state index contributed by atoms with van der Waals surface area (Å²) in [6.45, 7) is 10.5. The van der Waals surface area contributed by atoms with Crippen LogP contribution in [-0.4, -0.2) is 41.2 Å². The van der Waals surface area contributed by atoms with Crippen LogP contribution in [0.3, 0.4) is 0 Å². The third-order valence-electron chi connectivity index (χ3n) is 5.96. The largest absolute Gasteiger partial charge is 0.378 e. The summed E-state index contributed by atoms with van der Waals surface area (Å²) in [6.07, 6.45) is 1.50. The smallest absolute Gasteiger partial charge is 0.243 e. The van der Waals surface area contributed by atoms with Gasteiger partial charge in [-0.25, -0.2) is 0 Å². The standard InChI is InChI=1S/C23H34N4O2S/c1-14(16-8-10-17(11-9-16)19-15(2)25-13-30-19)26-21(28)18-7-6-12-27(18)22(29)20(24)23(3,4)5/h8-11,14,18,20,25H,6-7,12-13,24H2,1-5H3,(H,26,28)/t14-,18-,20+/m0/s1. The van der Waals surface area contributed by atoms with Crippen molar-refractivity contribution < 1.29 is 9.59 Å². The predicted molar refractivity (Wildman–Crippen MR) is 123 cm³/mol. The van der Waals surface area contributed by atoms with Crippen molar-refractivity contribution in [3.63, 3.8) is 0 Å². The molecule has 2 amide bonds. The van der Waals surface area contributed by atoms with Crippen LogP contribution in [0, 0.1) is 5.41 Å². The lowest BCUT2D eigenvalue weighted by atomic mass is 9.86. The van der Waals surface area contributed by atoms with Crippen molar-refractivity contribution in [2.45, 2.75) is 65.6 Å². The molecular formula is C23H34N4O2S. The van der Waals surface area contributed by atoms with Crippen LogP contribution in [0.5, 0.6) is 0 Å². The predicted octanol–water partition coefficient (Wildman–Crippen LogP) is 3.21. The number of amides is 2. The minimum absolute atomic E-state index is 0.104. The molecule has 0 aromatic heterocycles. The number of allylic oxidation sites excluding steroid dienone is 1. The number of carbonyl (C=O) groups excluding carboxylic acids is 2. The molecule has 1 aromatic carbocycles. The van der Waals surface area contributed by atoms with E-state index in [0.717, 1.165) is 17.9 Å². The molecule has 2 aliphatic rings. The van der Waals surface area contributed by atoms with Crippen molar-refractivity contribution in [3.8, 4) is 0 Å². The monoisotopic (exact) mass is 430 g/mol. The molecule has 3 rings (SSSR count). The molecule has 7 heteroatoms. The van der Waals surface area contributed by atoms with E-state index in [2.05, 4.69) is 41.8 Å². The molecule has 1 aromatic rings. The molecule has 0 saturated carbocycles. The fourth-order valence-electron chi connectivity index (χ4n) is 3.87. The summed E-state index contributed by atoms with van der Waals surface area (Å²) in [7, 11) is 0. The number of hydrogen-bond acceptors (Lipinski definition) is 5. The zero-order valence-electron chi connectivity index (χ0n) is 18.6. The van der Waals surface area contributed by atoms with Gasteiger partial charge in [0.25, 0.3) is 0 Å². The Morgan fingerprint density at radius 1 is 1.27 bits per heavy atom. The second-order valence-electron chi connectivity index (χ2n) is 9.31. The summed E-state index contributed by atoms with van der Waals surface area (Å²) in [5.74, 6) is 0.668. The van der Waals surface area contributed by atoms with E-state index in [0.29, 0.717) is 13.0 Å². The first kappa shape index (κ1) is 22.7. The van der Waals surface area contributed by atoms with E-state index in [1.165, 1.54) is 16.2 Å². The first-order chi connectivity index (χ1) is 14.1. The van der Waals surface area contributed by atoms with Gasteiger partial charge in [0.05, 0.1) is 18.0 Å². The van der Waals surface area contributed by atoms with Crippen LogP contribution in [0.15, 0.2) is 30.0 Å². The van der Waals surface area contributed by atoms with Crippen LogP contribution >= 0.6 is 11.8 Å². The second kappa shape index (κ2) is 9.02. The summed E-state index contributed by atoms with van der Waals surface area (Å²) in [4.78, 5) is 28.8. The van der Waals surface area contributed by atoms with E-state index in [4.69, 9.17) is 5.73 Å². The lowest BCUT2D eigenvalue weighted by Gasteiger charge is -2.33. The highest BCUT2D eigenvalue weighted by atomic mass is 32.2. The van der Waals surface area contributed by atoms with Gasteiger partial charge >= 0.3 is 0 Å². The Morgan fingerprint density at radius 3 is 2.50 bits per heavy atom. The van der Waals surface area contributed by atoms with E-state index < -0.39 is 12.1 Å². The third-order valence-corrected chi connectivity index (χ3v) is 7.08. The van der Waals surface area contributed by atoms with E-state index in [-0.39, 0.29) is 23.3 Å². The van der Waals surface area contributed by atoms with Crippen LogP contribution in [0.1, 0.15) is 64.6 Å². The molecule has 0 aliphatic carbocycles. The zero-order valence-corrected chi connectivity index (χ0v) is 19.4. The highest BCUT2D eigenvalue weighted by Gasteiger charge is 2.39. The number of rotatable bonds is 5. The SMILES string of the molecule is CC1=C(c2ccc([C@H](C)NC(=O)[C@@H]3CCCN3C(=O)[C@@H](N)C(C)(C)C)cc2)SCN1. The fourth-order valence-corrected chi connectivity index (χ4v) is 4.90. The molecule has 1 saturated heterocycles. The molecule has 6 nitrogen and oxygen atoms in total. The number of nitrogens with one attached hydrogen (secondary N) is 2. The molecule has 164 valence electrons. The lowest BCUT2D eigenvalue weighted by molar-refractivity contribution is -0.141. The normalized spacial score (nSPS) is 21.4. The fraction of sp³-hybridized carbons (Fsp3) is 0.565. The number of nitrogens with zero attached hydrogens (tertiary/aromatic N) is 1. The molecule has 2 aliphatic heterocycles. The van der Waals surface area contributed by atoms with Gasteiger partial charge in [-0.2, -0.15) is 0 Å². The second-order valence-corrected chi connectivity index (χ2v) is 10.3. The van der Waals surface area contributed by atoms with Crippen molar-refractivity contribution in [2.24, 2.45) is 11.1 Å². The van der Waals surface area contributed by atoms with Crippen molar-refractivity contribution in [1.82, 2.24) is 15.5 Å². The van der Waals surface area contributed by atoms with Crippen molar-refractivity contribution >= 4 is 28.5 Å². The Labute approximate surface area is 184 Å². The van der Waals surface area contributed by atoms with Gasteiger partial charge in [0.1, 0.15) is 6.04 Å². The van der Waals surface area contributed by atoms with Gasteiger partial charge in [-0.3, -0.25) is 9.59 Å². The molecule has 2 heterocycles. The molecule has 3 atom stereocenters. The van der Waals surface area contributed by atoms with Gasteiger partial charge in [-0.1, -0.05) is 45.0 Å². The van der Waals surface area contributed by atoms with Gasteiger partial charge in [0.15, 0.2) is 0 Å². The number of carbonyl (C=O) groups is 2. The topological polar surface area (TPSA) is 87.5 Å². The Bertz CT molecular complexity index is 829. The van der Waals surface area contributed by atoms with Crippen molar-refractivity contribution in [2.75, 3.05) is 12.4 Å². The highest BCUT2D eigenvalue weighted by Crippen LogP contribution is 2.34. The Balaban J connectivity index is 1.65. The molecular weight excluding hydrogens is 396 g/mol. The first-order valence-corrected chi connectivity index (χ1v) is 11.6. The van der Waals surface area contributed by atoms with Gasteiger partial charge in [0, 0.05) is 17.1 Å². The Morgan fingerprint density at radius 2 is 1.93 bits per heavy atom. The summed E-state index contributed by atoms with van der Waals surface area (Å²) < 4.78 is 0. The Hall–Kier alpha value is -1.99. The summed E-state index contributed by atoms with van der Waals surface area (Å²) >= 11 is 1.80. The van der Waals surface area contributed by atoms with E-state index in [1.807, 2.05) is 27.7 Å². The van der Waals surface area contributed by atoms with Gasteiger partial charge < -0.3 is 21.3 Å². The summed E-state index contributed by atoms with van der Waals surface area (Å²) in [5, 5.41) is 6.43. The van der Waals surface area contributed by atoms with Crippen molar-refractivity contribution in [1.29, 1.82) is 0 Å². The number of hydrogen-bond donors (Lipinski definition) is 3. The maximum Gasteiger partial charge on any atom is 0.243 e. The maximum absolute atomic E-state index is 13.0. The van der Waals surface area contributed by atoms with Crippen LogP contribution in [0.4, 0.5) is 0 Å². The molecule has 4 N–H and O–H groups in total. The maximum atomic E-state index is 13.0. The molecule has 0 unspecified atom stereocenters. The van der Waals surface area contributed by atoms with E-state index >= 15 is 0 Å². The third kappa shape index (κ3) is 4.83. The molecule has 0 radical (unpaired) electrons. The minimum atomic E-state index is -0.614. The van der Waals surface area contributed by atoms with Crippen LogP contribution in [0.2, 0.25) is 0 Å². The summed E-state index contributed by atoms with van der Waals surface area (Å²) in [6, 6.07) is 7.14. The van der Waals surface area contributed by atoms with E-state index in [1.54, 1.807) is 16.7 Å². The average Bonchev–Trinajstić information content (AvgIpc) is 3.35. The number of likely N-dealkylation sites (tertiary alicyclic amines) is 1. The van der Waals surface area contributed by atoms with Crippen molar-refractivity contribution in [3.05, 3.63) is 41.1 Å². The zero-order chi connectivity index (χ0) is 22.1. The van der Waals surface area contributed by atoms with Crippen LogP contribution < -0.4 is 16.4 Å². The quantitative estimate of drug-likeness (QED) is 0.668. The van der Waals surface area contributed by atoms with E-state index in [9.17, 15) is 9.59 Å². The molecule has 0 spiro atoms. The summed E-state index contributed by atoms with van der Waals surface area (Å²) in [5.41, 5.74) is 9.27. The number of nitrogens with two attached hydrogens (primary N) is 1. The highest BCUT2D eigenvalue weighted by molar-refractivity contribution is 8.08. The number of benzene rings is 1. The van der Waals surface area contributed by atoms with Crippen LogP contribution in [0.25, 0.3) is 4.91 Å². The Kier molecular flexibility index (Phi) is 6.82. The lowest BCUT2D eigenvalue weighted by Crippen LogP contribution is -2.55. The molecule has 1 fully saturated rings. The van der Waals surface area contributed by atoms with Crippen LogP contribution in [-0.2, 0) is 9.59 Å². The molecule has 0 bridgehead atoms. The van der Waals surface area contributed by atoms with Gasteiger partial charge in [0.2, 0.25) is 11.8 Å². The van der Waals surface area contributed by atoms with Gasteiger partial charge in [-0.15, -0.1) is 11.8 Å².